The van der Waals surface area contributed by atoms with E-state index in [9.17, 15) is 13.9 Å². The molecule has 120 valence electrons. The van der Waals surface area contributed by atoms with Crippen molar-refractivity contribution in [2.24, 2.45) is 0 Å². The van der Waals surface area contributed by atoms with E-state index in [2.05, 4.69) is 0 Å². The van der Waals surface area contributed by atoms with E-state index in [4.69, 9.17) is 4.74 Å². The fraction of sp³-hybridized carbons (Fsp3) is 0.625. The Labute approximate surface area is 125 Å². The van der Waals surface area contributed by atoms with Crippen LogP contribution in [0.1, 0.15) is 33.3 Å². The zero-order valence-electron chi connectivity index (χ0n) is 13.2. The summed E-state index contributed by atoms with van der Waals surface area (Å²) in [5.41, 5.74) is -0.293. The van der Waals surface area contributed by atoms with Crippen molar-refractivity contribution in [1.82, 2.24) is 4.90 Å². The van der Waals surface area contributed by atoms with Crippen LogP contribution in [-0.2, 0) is 11.3 Å². The highest BCUT2D eigenvalue weighted by atomic mass is 19.1. The van der Waals surface area contributed by atoms with Crippen LogP contribution in [0.3, 0.4) is 0 Å². The molecule has 0 saturated carbocycles. The van der Waals surface area contributed by atoms with Crippen molar-refractivity contribution in [3.8, 4) is 0 Å². The SMILES string of the molecule is CCN(Cc1c(F)cccc1F)CC(O)COC(C)(C)C. The first kappa shape index (κ1) is 18.0. The third-order valence-corrected chi connectivity index (χ3v) is 3.07. The molecule has 5 heteroatoms. The molecule has 0 fully saturated rings. The summed E-state index contributed by atoms with van der Waals surface area (Å²) < 4.78 is 32.8. The van der Waals surface area contributed by atoms with E-state index in [0.717, 1.165) is 0 Å². The van der Waals surface area contributed by atoms with Crippen LogP contribution in [0, 0.1) is 11.6 Å². The molecule has 1 N–H and O–H groups in total. The summed E-state index contributed by atoms with van der Waals surface area (Å²) in [5, 5.41) is 9.98. The number of benzene rings is 1. The predicted molar refractivity (Wildman–Crippen MR) is 79.0 cm³/mol. The molecule has 0 aromatic heterocycles. The number of ether oxygens (including phenoxy) is 1. The molecule has 3 nitrogen and oxygen atoms in total. The van der Waals surface area contributed by atoms with Crippen molar-refractivity contribution in [1.29, 1.82) is 0 Å². The molecule has 0 heterocycles. The van der Waals surface area contributed by atoms with E-state index in [1.165, 1.54) is 18.2 Å². The smallest absolute Gasteiger partial charge is 0.130 e. The van der Waals surface area contributed by atoms with Gasteiger partial charge in [0, 0.05) is 18.7 Å². The van der Waals surface area contributed by atoms with E-state index in [0.29, 0.717) is 13.1 Å². The van der Waals surface area contributed by atoms with Crippen molar-refractivity contribution < 1.29 is 18.6 Å². The topological polar surface area (TPSA) is 32.7 Å². The highest BCUT2D eigenvalue weighted by Crippen LogP contribution is 2.15. The molecule has 1 unspecified atom stereocenters. The fourth-order valence-electron chi connectivity index (χ4n) is 1.91. The van der Waals surface area contributed by atoms with Crippen molar-refractivity contribution in [3.05, 3.63) is 35.4 Å². The molecule has 0 bridgehead atoms. The molecule has 1 atom stereocenters. The molecule has 1 aromatic carbocycles. The fourth-order valence-corrected chi connectivity index (χ4v) is 1.91. The summed E-state index contributed by atoms with van der Waals surface area (Å²) in [5.74, 6) is -1.12. The second kappa shape index (κ2) is 7.82. The van der Waals surface area contributed by atoms with Crippen LogP contribution in [0.4, 0.5) is 8.78 Å². The molecule has 0 saturated heterocycles. The second-order valence-corrected chi connectivity index (χ2v) is 6.11. The summed E-state index contributed by atoms with van der Waals surface area (Å²) in [4.78, 5) is 1.79. The van der Waals surface area contributed by atoms with Crippen LogP contribution < -0.4 is 0 Å². The minimum Gasteiger partial charge on any atom is -0.389 e. The van der Waals surface area contributed by atoms with Gasteiger partial charge in [-0.25, -0.2) is 8.78 Å². The Morgan fingerprint density at radius 1 is 1.24 bits per heavy atom. The monoisotopic (exact) mass is 301 g/mol. The maximum absolute atomic E-state index is 13.6. The van der Waals surface area contributed by atoms with Gasteiger partial charge in [-0.1, -0.05) is 13.0 Å². The molecule has 0 aliphatic heterocycles. The summed E-state index contributed by atoms with van der Waals surface area (Å²) in [7, 11) is 0. The van der Waals surface area contributed by atoms with Gasteiger partial charge in [0.25, 0.3) is 0 Å². The van der Waals surface area contributed by atoms with E-state index < -0.39 is 17.7 Å². The lowest BCUT2D eigenvalue weighted by molar-refractivity contribution is -0.0564. The van der Waals surface area contributed by atoms with Crippen LogP contribution in [0.5, 0.6) is 0 Å². The Morgan fingerprint density at radius 3 is 2.29 bits per heavy atom. The van der Waals surface area contributed by atoms with Crippen LogP contribution in [-0.4, -0.2) is 41.4 Å². The number of aliphatic hydroxyl groups excluding tert-OH is 1. The molecule has 0 amide bonds. The third-order valence-electron chi connectivity index (χ3n) is 3.07. The van der Waals surface area contributed by atoms with Gasteiger partial charge in [0.2, 0.25) is 0 Å². The Morgan fingerprint density at radius 2 is 1.81 bits per heavy atom. The number of likely N-dealkylation sites (N-methyl/N-ethyl adjacent to an activating group) is 1. The Balaban J connectivity index is 2.59. The average Bonchev–Trinajstić information content (AvgIpc) is 2.38. The quantitative estimate of drug-likeness (QED) is 0.840. The zero-order valence-corrected chi connectivity index (χ0v) is 13.2. The first-order valence-electron chi connectivity index (χ1n) is 7.20. The third kappa shape index (κ3) is 6.50. The van der Waals surface area contributed by atoms with Gasteiger partial charge >= 0.3 is 0 Å². The Bertz CT molecular complexity index is 426. The van der Waals surface area contributed by atoms with Crippen molar-refractivity contribution in [2.75, 3.05) is 19.7 Å². The van der Waals surface area contributed by atoms with Gasteiger partial charge in [-0.3, -0.25) is 4.90 Å². The lowest BCUT2D eigenvalue weighted by Gasteiger charge is -2.26. The van der Waals surface area contributed by atoms with Crippen LogP contribution in [0.15, 0.2) is 18.2 Å². The normalized spacial score (nSPS) is 13.7. The van der Waals surface area contributed by atoms with Crippen LogP contribution >= 0.6 is 0 Å². The van der Waals surface area contributed by atoms with Crippen LogP contribution in [0.2, 0.25) is 0 Å². The molecule has 1 rings (SSSR count). The molecular weight excluding hydrogens is 276 g/mol. The summed E-state index contributed by atoms with van der Waals surface area (Å²) in [6.45, 7) is 8.82. The van der Waals surface area contributed by atoms with Crippen LogP contribution in [0.25, 0.3) is 0 Å². The molecule has 0 aliphatic carbocycles. The Kier molecular flexibility index (Phi) is 6.71. The highest BCUT2D eigenvalue weighted by Gasteiger charge is 2.18. The predicted octanol–water partition coefficient (Wildman–Crippen LogP) is 2.96. The first-order valence-corrected chi connectivity index (χ1v) is 7.20. The highest BCUT2D eigenvalue weighted by molar-refractivity contribution is 5.19. The zero-order chi connectivity index (χ0) is 16.0. The van der Waals surface area contributed by atoms with Crippen molar-refractivity contribution in [3.63, 3.8) is 0 Å². The Hall–Kier alpha value is -1.04. The number of nitrogens with zero attached hydrogens (tertiary/aromatic N) is 1. The molecule has 0 aliphatic rings. The number of hydrogen-bond donors (Lipinski definition) is 1. The van der Waals surface area contributed by atoms with Gasteiger partial charge in [-0.05, 0) is 39.4 Å². The summed E-state index contributed by atoms with van der Waals surface area (Å²) >= 11 is 0. The minimum absolute atomic E-state index is 0.0308. The second-order valence-electron chi connectivity index (χ2n) is 6.11. The minimum atomic E-state index is -0.695. The standard InChI is InChI=1S/C16H25F2NO2/c1-5-19(9-12(20)11-21-16(2,3)4)10-13-14(17)7-6-8-15(13)18/h6-8,12,20H,5,9-11H2,1-4H3. The number of rotatable bonds is 7. The largest absolute Gasteiger partial charge is 0.389 e. The summed E-state index contributed by atoms with van der Waals surface area (Å²) in [6.07, 6.45) is -0.695. The van der Waals surface area contributed by atoms with E-state index in [1.807, 2.05) is 27.7 Å². The maximum atomic E-state index is 13.6. The van der Waals surface area contributed by atoms with Gasteiger partial charge in [-0.2, -0.15) is 0 Å². The van der Waals surface area contributed by atoms with E-state index in [-0.39, 0.29) is 24.3 Å². The van der Waals surface area contributed by atoms with E-state index >= 15 is 0 Å². The number of halogens is 2. The molecule has 21 heavy (non-hydrogen) atoms. The average molecular weight is 301 g/mol. The van der Waals surface area contributed by atoms with Gasteiger partial charge < -0.3 is 9.84 Å². The van der Waals surface area contributed by atoms with E-state index in [1.54, 1.807) is 4.90 Å². The van der Waals surface area contributed by atoms with Crippen molar-refractivity contribution in [2.45, 2.75) is 45.9 Å². The lowest BCUT2D eigenvalue weighted by atomic mass is 10.1. The number of hydrogen-bond acceptors (Lipinski definition) is 3. The van der Waals surface area contributed by atoms with Gasteiger partial charge in [0.15, 0.2) is 0 Å². The molecular formula is C16H25F2NO2. The lowest BCUT2D eigenvalue weighted by Crippen LogP contribution is -2.36. The maximum Gasteiger partial charge on any atom is 0.130 e. The molecule has 0 radical (unpaired) electrons. The van der Waals surface area contributed by atoms with Crippen molar-refractivity contribution >= 4 is 0 Å². The molecule has 0 spiro atoms. The first-order chi connectivity index (χ1) is 9.73. The van der Waals surface area contributed by atoms with Gasteiger partial charge in [0.1, 0.15) is 11.6 Å². The van der Waals surface area contributed by atoms with Gasteiger partial charge in [-0.15, -0.1) is 0 Å². The van der Waals surface area contributed by atoms with Gasteiger partial charge in [0.05, 0.1) is 18.3 Å². The number of aliphatic hydroxyl groups is 1. The summed E-state index contributed by atoms with van der Waals surface area (Å²) in [6, 6.07) is 3.83. The molecule has 1 aromatic rings.